The van der Waals surface area contributed by atoms with E-state index in [2.05, 4.69) is 0 Å². The maximum absolute atomic E-state index is 12.3. The van der Waals surface area contributed by atoms with Crippen molar-refractivity contribution < 1.29 is 14.4 Å². The average Bonchev–Trinajstić information content (AvgIpc) is 3.16. The molecule has 0 aromatic heterocycles. The highest BCUT2D eigenvalue weighted by atomic mass is 32.2. The zero-order valence-electron chi connectivity index (χ0n) is 13.2. The summed E-state index contributed by atoms with van der Waals surface area (Å²) in [6.45, 7) is 3.73. The number of amides is 2. The third-order valence-corrected chi connectivity index (χ3v) is 5.22. The van der Waals surface area contributed by atoms with Gasteiger partial charge in [0.25, 0.3) is 5.91 Å². The number of benzene rings is 1. The van der Waals surface area contributed by atoms with Crippen molar-refractivity contribution in [1.29, 1.82) is 0 Å². The molecule has 122 valence electrons. The van der Waals surface area contributed by atoms with Gasteiger partial charge in [0.15, 0.2) is 5.12 Å². The van der Waals surface area contributed by atoms with E-state index in [0.717, 1.165) is 31.6 Å². The Morgan fingerprint density at radius 2 is 1.78 bits per heavy atom. The second-order valence-electron chi connectivity index (χ2n) is 5.99. The van der Waals surface area contributed by atoms with E-state index in [1.807, 2.05) is 17.0 Å². The van der Waals surface area contributed by atoms with Crippen LogP contribution >= 0.6 is 11.8 Å². The first-order chi connectivity index (χ1) is 11.0. The van der Waals surface area contributed by atoms with Crippen molar-refractivity contribution in [2.75, 3.05) is 24.5 Å². The lowest BCUT2D eigenvalue weighted by molar-refractivity contribution is -0.117. The number of thioether (sulfide) groups is 1. The summed E-state index contributed by atoms with van der Waals surface area (Å²) in [5.41, 5.74) is 1.46. The van der Waals surface area contributed by atoms with E-state index >= 15 is 0 Å². The van der Waals surface area contributed by atoms with Gasteiger partial charge in [-0.1, -0.05) is 11.8 Å². The van der Waals surface area contributed by atoms with Gasteiger partial charge in [0.1, 0.15) is 0 Å². The molecule has 1 atom stereocenters. The topological polar surface area (TPSA) is 57.7 Å². The van der Waals surface area contributed by atoms with Gasteiger partial charge >= 0.3 is 0 Å². The Morgan fingerprint density at radius 1 is 1.13 bits per heavy atom. The molecule has 0 radical (unpaired) electrons. The highest BCUT2D eigenvalue weighted by molar-refractivity contribution is 8.14. The fourth-order valence-electron chi connectivity index (χ4n) is 3.12. The van der Waals surface area contributed by atoms with Gasteiger partial charge in [-0.3, -0.25) is 14.4 Å². The summed E-state index contributed by atoms with van der Waals surface area (Å²) in [6.07, 6.45) is 2.53. The fraction of sp³-hybridized carbons (Fsp3) is 0.471. The monoisotopic (exact) mass is 332 g/mol. The van der Waals surface area contributed by atoms with E-state index in [1.54, 1.807) is 17.0 Å². The van der Waals surface area contributed by atoms with Crippen LogP contribution in [0.2, 0.25) is 0 Å². The normalized spacial score (nSPS) is 21.1. The third-order valence-electron chi connectivity index (χ3n) is 4.24. The van der Waals surface area contributed by atoms with Crippen LogP contribution in [-0.4, -0.2) is 46.7 Å². The van der Waals surface area contributed by atoms with E-state index in [0.29, 0.717) is 18.5 Å². The number of nitrogens with zero attached hydrogens (tertiary/aromatic N) is 2. The van der Waals surface area contributed by atoms with E-state index in [-0.39, 0.29) is 22.2 Å². The number of likely N-dealkylation sites (tertiary alicyclic amines) is 1. The number of hydrogen-bond donors (Lipinski definition) is 0. The van der Waals surface area contributed by atoms with Crippen LogP contribution in [0.5, 0.6) is 0 Å². The van der Waals surface area contributed by atoms with Crippen LogP contribution < -0.4 is 4.90 Å². The van der Waals surface area contributed by atoms with Gasteiger partial charge in [0.05, 0.1) is 0 Å². The molecule has 6 heteroatoms. The van der Waals surface area contributed by atoms with Crippen LogP contribution in [0.4, 0.5) is 5.69 Å². The van der Waals surface area contributed by atoms with Crippen molar-refractivity contribution in [2.24, 2.45) is 0 Å². The molecule has 1 aromatic carbocycles. The van der Waals surface area contributed by atoms with Gasteiger partial charge in [-0.05, 0) is 37.1 Å². The van der Waals surface area contributed by atoms with Gasteiger partial charge in [-0.15, -0.1) is 0 Å². The third kappa shape index (κ3) is 3.58. The Bertz CT molecular complexity index is 623. The minimum Gasteiger partial charge on any atom is -0.339 e. The highest BCUT2D eigenvalue weighted by Gasteiger charge is 2.32. The molecule has 3 rings (SSSR count). The molecule has 2 amide bonds. The molecule has 0 bridgehead atoms. The number of hydrogen-bond acceptors (Lipinski definition) is 4. The van der Waals surface area contributed by atoms with Crippen molar-refractivity contribution in [3.05, 3.63) is 29.8 Å². The molecule has 5 nitrogen and oxygen atoms in total. The zero-order valence-corrected chi connectivity index (χ0v) is 14.0. The summed E-state index contributed by atoms with van der Waals surface area (Å²) >= 11 is 1.23. The van der Waals surface area contributed by atoms with Crippen molar-refractivity contribution in [3.63, 3.8) is 0 Å². The minimum absolute atomic E-state index is 0.0194. The number of rotatable bonds is 3. The Morgan fingerprint density at radius 3 is 2.39 bits per heavy atom. The molecule has 0 aliphatic carbocycles. The molecule has 1 unspecified atom stereocenters. The van der Waals surface area contributed by atoms with Gasteiger partial charge in [-0.2, -0.15) is 0 Å². The predicted octanol–water partition coefficient (Wildman–Crippen LogP) is 2.31. The van der Waals surface area contributed by atoms with Crippen LogP contribution in [0.1, 0.15) is 36.5 Å². The first kappa shape index (κ1) is 16.1. The molecule has 0 saturated carbocycles. The van der Waals surface area contributed by atoms with E-state index in [9.17, 15) is 14.4 Å². The second kappa shape index (κ2) is 6.74. The predicted molar refractivity (Wildman–Crippen MR) is 90.6 cm³/mol. The lowest BCUT2D eigenvalue weighted by Crippen LogP contribution is -2.28. The fourth-order valence-corrected chi connectivity index (χ4v) is 4.04. The molecule has 2 aliphatic heterocycles. The molecule has 2 heterocycles. The summed E-state index contributed by atoms with van der Waals surface area (Å²) in [7, 11) is 0. The molecule has 2 aliphatic rings. The lowest BCUT2D eigenvalue weighted by atomic mass is 10.1. The smallest absolute Gasteiger partial charge is 0.253 e. The summed E-state index contributed by atoms with van der Waals surface area (Å²) < 4.78 is 0. The summed E-state index contributed by atoms with van der Waals surface area (Å²) in [4.78, 5) is 39.2. The quantitative estimate of drug-likeness (QED) is 0.852. The summed E-state index contributed by atoms with van der Waals surface area (Å²) in [5.74, 6) is 0.0918. The first-order valence-corrected chi connectivity index (χ1v) is 8.79. The summed E-state index contributed by atoms with van der Waals surface area (Å²) in [6, 6.07) is 7.22. The largest absolute Gasteiger partial charge is 0.339 e. The zero-order chi connectivity index (χ0) is 16.4. The Kier molecular flexibility index (Phi) is 4.71. The van der Waals surface area contributed by atoms with Gasteiger partial charge < -0.3 is 9.80 Å². The highest BCUT2D eigenvalue weighted by Crippen LogP contribution is 2.29. The van der Waals surface area contributed by atoms with Crippen molar-refractivity contribution in [3.8, 4) is 0 Å². The van der Waals surface area contributed by atoms with Crippen LogP contribution in [0.15, 0.2) is 24.3 Å². The minimum atomic E-state index is 0.0194. The number of carbonyl (C=O) groups is 3. The first-order valence-electron chi connectivity index (χ1n) is 7.91. The van der Waals surface area contributed by atoms with Crippen molar-refractivity contribution >= 4 is 34.4 Å². The molecule has 0 spiro atoms. The SMILES string of the molecule is CC(=O)SC1CC(=O)N(c2ccc(C(=O)N3CCCC3)cc2)C1. The maximum atomic E-state index is 12.3. The van der Waals surface area contributed by atoms with Gasteiger partial charge in [-0.25, -0.2) is 0 Å². The molecule has 0 N–H and O–H groups in total. The van der Waals surface area contributed by atoms with Crippen LogP contribution in [-0.2, 0) is 9.59 Å². The molecule has 2 saturated heterocycles. The number of anilines is 1. The average molecular weight is 332 g/mol. The molecular formula is C17H20N2O3S. The second-order valence-corrected chi connectivity index (χ2v) is 7.46. The van der Waals surface area contributed by atoms with Crippen LogP contribution in [0.3, 0.4) is 0 Å². The Hall–Kier alpha value is -1.82. The Labute approximate surface area is 140 Å². The van der Waals surface area contributed by atoms with Crippen molar-refractivity contribution in [2.45, 2.75) is 31.4 Å². The lowest BCUT2D eigenvalue weighted by Gasteiger charge is -2.18. The van der Waals surface area contributed by atoms with E-state index in [1.165, 1.54) is 18.7 Å². The standard InChI is InChI=1S/C17H20N2O3S/c1-12(20)23-15-10-16(21)19(11-15)14-6-4-13(5-7-14)17(22)18-8-2-3-9-18/h4-7,15H,2-3,8-11H2,1H3. The Balaban J connectivity index is 1.68. The van der Waals surface area contributed by atoms with E-state index < -0.39 is 0 Å². The van der Waals surface area contributed by atoms with E-state index in [4.69, 9.17) is 0 Å². The molecule has 1 aromatic rings. The molecular weight excluding hydrogens is 312 g/mol. The van der Waals surface area contributed by atoms with Crippen molar-refractivity contribution in [1.82, 2.24) is 4.90 Å². The number of carbonyl (C=O) groups excluding carboxylic acids is 3. The molecule has 23 heavy (non-hydrogen) atoms. The van der Waals surface area contributed by atoms with Crippen LogP contribution in [0, 0.1) is 0 Å². The summed E-state index contributed by atoms with van der Waals surface area (Å²) in [5, 5.41) is 0.0575. The van der Waals surface area contributed by atoms with Gasteiger partial charge in [0.2, 0.25) is 5.91 Å². The van der Waals surface area contributed by atoms with Crippen LogP contribution in [0.25, 0.3) is 0 Å². The maximum Gasteiger partial charge on any atom is 0.253 e. The van der Waals surface area contributed by atoms with Gasteiger partial charge in [0, 0.05) is 49.5 Å². The molecule has 2 fully saturated rings.